The van der Waals surface area contributed by atoms with E-state index in [1.54, 1.807) is 19.9 Å². The van der Waals surface area contributed by atoms with Crippen molar-refractivity contribution in [3.05, 3.63) is 46.8 Å². The molecular formula is C17H20F3N3O. The van der Waals surface area contributed by atoms with E-state index in [1.807, 2.05) is 13.8 Å². The largest absolute Gasteiger partial charge is 0.416 e. The molecule has 7 heteroatoms. The number of carbonyl (C=O) groups is 1. The Kier molecular flexibility index (Phi) is 5.01. The van der Waals surface area contributed by atoms with Crippen molar-refractivity contribution in [1.29, 1.82) is 0 Å². The molecular weight excluding hydrogens is 319 g/mol. The first-order valence-corrected chi connectivity index (χ1v) is 7.61. The van der Waals surface area contributed by atoms with Gasteiger partial charge in [-0.1, -0.05) is 6.07 Å². The van der Waals surface area contributed by atoms with Crippen LogP contribution in [-0.4, -0.2) is 21.7 Å². The van der Waals surface area contributed by atoms with Gasteiger partial charge in [0.15, 0.2) is 0 Å². The van der Waals surface area contributed by atoms with Crippen LogP contribution in [0.25, 0.3) is 5.69 Å². The summed E-state index contributed by atoms with van der Waals surface area (Å²) in [6.07, 6.45) is -4.26. The number of hydrogen-bond donors (Lipinski definition) is 1. The van der Waals surface area contributed by atoms with Crippen molar-refractivity contribution in [2.24, 2.45) is 0 Å². The molecule has 0 bridgehead atoms. The third-order valence-corrected chi connectivity index (χ3v) is 3.65. The molecule has 0 spiro atoms. The number of amides is 1. The van der Waals surface area contributed by atoms with Crippen LogP contribution in [0.2, 0.25) is 0 Å². The number of rotatable bonds is 4. The van der Waals surface area contributed by atoms with Gasteiger partial charge in [0, 0.05) is 17.3 Å². The second-order valence-electron chi connectivity index (χ2n) is 6.01. The molecule has 0 saturated heterocycles. The van der Waals surface area contributed by atoms with Crippen LogP contribution in [0, 0.1) is 13.8 Å². The molecule has 0 aliphatic carbocycles. The molecule has 0 radical (unpaired) electrons. The maximum Gasteiger partial charge on any atom is 0.416 e. The maximum atomic E-state index is 12.9. The number of aromatic nitrogens is 2. The van der Waals surface area contributed by atoms with Crippen LogP contribution in [0.4, 0.5) is 13.2 Å². The van der Waals surface area contributed by atoms with E-state index in [9.17, 15) is 18.0 Å². The summed E-state index contributed by atoms with van der Waals surface area (Å²) in [5.74, 6) is -0.139. The zero-order valence-electron chi connectivity index (χ0n) is 14.0. The highest BCUT2D eigenvalue weighted by atomic mass is 19.4. The van der Waals surface area contributed by atoms with E-state index in [4.69, 9.17) is 0 Å². The Hall–Kier alpha value is -2.31. The van der Waals surface area contributed by atoms with E-state index in [0.717, 1.165) is 17.7 Å². The van der Waals surface area contributed by atoms with Crippen LogP contribution in [0.5, 0.6) is 0 Å². The lowest BCUT2D eigenvalue weighted by atomic mass is 10.1. The summed E-state index contributed by atoms with van der Waals surface area (Å²) in [6, 6.07) is 5.01. The standard InChI is InChI=1S/C17H20F3N3O/c1-10(2)21-16(24)9-15-11(3)22-23(12(15)4)14-7-5-6-13(8-14)17(18,19)20/h5-8,10H,9H2,1-4H3,(H,21,24). The summed E-state index contributed by atoms with van der Waals surface area (Å²) >= 11 is 0. The van der Waals surface area contributed by atoms with Gasteiger partial charge in [-0.2, -0.15) is 18.3 Å². The molecule has 0 unspecified atom stereocenters. The Morgan fingerprint density at radius 1 is 1.29 bits per heavy atom. The monoisotopic (exact) mass is 339 g/mol. The van der Waals surface area contributed by atoms with Gasteiger partial charge in [0.05, 0.1) is 23.4 Å². The highest BCUT2D eigenvalue weighted by Crippen LogP contribution is 2.30. The number of nitrogens with one attached hydrogen (secondary N) is 1. The van der Waals surface area contributed by atoms with E-state index in [0.29, 0.717) is 17.1 Å². The van der Waals surface area contributed by atoms with E-state index < -0.39 is 11.7 Å². The van der Waals surface area contributed by atoms with Gasteiger partial charge < -0.3 is 5.32 Å². The van der Waals surface area contributed by atoms with Gasteiger partial charge in [0.2, 0.25) is 5.91 Å². The summed E-state index contributed by atoms with van der Waals surface area (Å²) in [5.41, 5.74) is 1.60. The van der Waals surface area contributed by atoms with Crippen LogP contribution in [0.15, 0.2) is 24.3 Å². The molecule has 2 rings (SSSR count). The van der Waals surface area contributed by atoms with Gasteiger partial charge in [0.25, 0.3) is 0 Å². The van der Waals surface area contributed by atoms with Crippen LogP contribution < -0.4 is 5.32 Å². The smallest absolute Gasteiger partial charge is 0.354 e. The van der Waals surface area contributed by atoms with Crippen molar-refractivity contribution in [3.63, 3.8) is 0 Å². The van der Waals surface area contributed by atoms with Crippen LogP contribution >= 0.6 is 0 Å². The molecule has 130 valence electrons. The number of alkyl halides is 3. The third-order valence-electron chi connectivity index (χ3n) is 3.65. The van der Waals surface area contributed by atoms with Crippen LogP contribution in [0.1, 0.15) is 36.4 Å². The van der Waals surface area contributed by atoms with Crippen molar-refractivity contribution in [2.75, 3.05) is 0 Å². The molecule has 0 fully saturated rings. The topological polar surface area (TPSA) is 46.9 Å². The first-order valence-electron chi connectivity index (χ1n) is 7.61. The summed E-state index contributed by atoms with van der Waals surface area (Å²) in [6.45, 7) is 7.22. The number of hydrogen-bond acceptors (Lipinski definition) is 2. The Balaban J connectivity index is 2.37. The molecule has 0 atom stereocenters. The minimum atomic E-state index is -4.41. The Bertz CT molecular complexity index is 748. The molecule has 4 nitrogen and oxygen atoms in total. The quantitative estimate of drug-likeness (QED) is 0.926. The fraction of sp³-hybridized carbons (Fsp3) is 0.412. The van der Waals surface area contributed by atoms with Gasteiger partial charge >= 0.3 is 6.18 Å². The first kappa shape index (κ1) is 18.0. The Labute approximate surface area is 138 Å². The molecule has 2 aromatic rings. The number of benzene rings is 1. The molecule has 1 aromatic heterocycles. The molecule has 1 N–H and O–H groups in total. The van der Waals surface area contributed by atoms with Crippen LogP contribution in [-0.2, 0) is 17.4 Å². The fourth-order valence-corrected chi connectivity index (χ4v) is 2.53. The first-order chi connectivity index (χ1) is 11.1. The van der Waals surface area contributed by atoms with E-state index in [2.05, 4.69) is 10.4 Å². The molecule has 24 heavy (non-hydrogen) atoms. The van der Waals surface area contributed by atoms with Crippen LogP contribution in [0.3, 0.4) is 0 Å². The highest BCUT2D eigenvalue weighted by Gasteiger charge is 2.30. The average Bonchev–Trinajstić information content (AvgIpc) is 2.74. The Morgan fingerprint density at radius 2 is 1.96 bits per heavy atom. The lowest BCUT2D eigenvalue weighted by Gasteiger charge is -2.11. The SMILES string of the molecule is Cc1nn(-c2cccc(C(F)(F)F)c2)c(C)c1CC(=O)NC(C)C. The second-order valence-corrected chi connectivity index (χ2v) is 6.01. The Morgan fingerprint density at radius 3 is 2.54 bits per heavy atom. The summed E-state index contributed by atoms with van der Waals surface area (Å²) in [7, 11) is 0. The normalized spacial score (nSPS) is 11.8. The lowest BCUT2D eigenvalue weighted by Crippen LogP contribution is -2.31. The molecule has 0 saturated carbocycles. The lowest BCUT2D eigenvalue weighted by molar-refractivity contribution is -0.137. The highest BCUT2D eigenvalue weighted by molar-refractivity contribution is 5.79. The van der Waals surface area contributed by atoms with Gasteiger partial charge in [-0.05, 0) is 45.9 Å². The summed E-state index contributed by atoms with van der Waals surface area (Å²) in [5, 5.41) is 7.10. The average molecular weight is 339 g/mol. The van der Waals surface area contributed by atoms with E-state index in [-0.39, 0.29) is 18.4 Å². The minimum absolute atomic E-state index is 0.0247. The second kappa shape index (κ2) is 6.67. The van der Waals surface area contributed by atoms with Crippen molar-refractivity contribution < 1.29 is 18.0 Å². The van der Waals surface area contributed by atoms with Crippen molar-refractivity contribution in [2.45, 2.75) is 46.3 Å². The molecule has 1 aromatic carbocycles. The van der Waals surface area contributed by atoms with Gasteiger partial charge in [0.1, 0.15) is 0 Å². The van der Waals surface area contributed by atoms with Crippen molar-refractivity contribution in [3.8, 4) is 5.69 Å². The van der Waals surface area contributed by atoms with Crippen molar-refractivity contribution in [1.82, 2.24) is 15.1 Å². The molecule has 0 aliphatic heterocycles. The van der Waals surface area contributed by atoms with Gasteiger partial charge in [-0.25, -0.2) is 4.68 Å². The predicted octanol–water partition coefficient (Wildman–Crippen LogP) is 3.58. The number of aryl methyl sites for hydroxylation is 1. The summed E-state index contributed by atoms with van der Waals surface area (Å²) < 4.78 is 40.1. The zero-order chi connectivity index (χ0) is 18.1. The summed E-state index contributed by atoms with van der Waals surface area (Å²) in [4.78, 5) is 12.0. The van der Waals surface area contributed by atoms with Gasteiger partial charge in [-0.3, -0.25) is 4.79 Å². The van der Waals surface area contributed by atoms with E-state index in [1.165, 1.54) is 10.7 Å². The number of nitrogens with zero attached hydrogens (tertiary/aromatic N) is 2. The number of halogens is 3. The van der Waals surface area contributed by atoms with Crippen molar-refractivity contribution >= 4 is 5.91 Å². The fourth-order valence-electron chi connectivity index (χ4n) is 2.53. The molecule has 1 heterocycles. The predicted molar refractivity (Wildman–Crippen MR) is 85.0 cm³/mol. The zero-order valence-corrected chi connectivity index (χ0v) is 14.0. The van der Waals surface area contributed by atoms with E-state index >= 15 is 0 Å². The minimum Gasteiger partial charge on any atom is -0.354 e. The third kappa shape index (κ3) is 3.96. The van der Waals surface area contributed by atoms with Gasteiger partial charge in [-0.15, -0.1) is 0 Å². The molecule has 1 amide bonds. The number of carbonyl (C=O) groups excluding carboxylic acids is 1. The molecule has 0 aliphatic rings. The maximum absolute atomic E-state index is 12.9.